The lowest BCUT2D eigenvalue weighted by atomic mass is 9.66. The average Bonchev–Trinajstić information content (AvgIpc) is 2.79. The van der Waals surface area contributed by atoms with Crippen molar-refractivity contribution < 1.29 is 24.2 Å². The molecule has 0 radical (unpaired) electrons. The standard InChI is InChI=1S/C27H32O5/c1-5-17-32-25(29)27(30)16-15-26(3,4)22-14-11-20(18-23(22)27)8-7-19-9-12-21(13-10-19)24(28)31-6-2/h7-14,18,30H,5-6,15-17H2,1-4H3/b8-7+. The van der Waals surface area contributed by atoms with Crippen LogP contribution in [0.15, 0.2) is 42.5 Å². The molecule has 0 aliphatic heterocycles. The van der Waals surface area contributed by atoms with Crippen LogP contribution in [-0.2, 0) is 25.3 Å². The van der Waals surface area contributed by atoms with Crippen molar-refractivity contribution in [3.05, 3.63) is 70.3 Å². The van der Waals surface area contributed by atoms with Gasteiger partial charge in [0.15, 0.2) is 5.60 Å². The predicted molar refractivity (Wildman–Crippen MR) is 125 cm³/mol. The van der Waals surface area contributed by atoms with Gasteiger partial charge in [-0.3, -0.25) is 0 Å². The molecule has 1 unspecified atom stereocenters. The van der Waals surface area contributed by atoms with Crippen LogP contribution in [-0.4, -0.2) is 30.3 Å². The van der Waals surface area contributed by atoms with Gasteiger partial charge in [-0.05, 0) is 72.1 Å². The summed E-state index contributed by atoms with van der Waals surface area (Å²) in [5.74, 6) is -0.915. The van der Waals surface area contributed by atoms with Crippen LogP contribution in [0, 0.1) is 0 Å². The van der Waals surface area contributed by atoms with Gasteiger partial charge < -0.3 is 14.6 Å². The fourth-order valence-corrected chi connectivity index (χ4v) is 4.02. The van der Waals surface area contributed by atoms with Crippen LogP contribution in [0.25, 0.3) is 12.2 Å². The molecule has 1 aliphatic rings. The van der Waals surface area contributed by atoms with E-state index >= 15 is 0 Å². The van der Waals surface area contributed by atoms with E-state index in [1.165, 1.54) is 0 Å². The van der Waals surface area contributed by atoms with Crippen LogP contribution in [0.1, 0.15) is 79.6 Å². The maximum Gasteiger partial charge on any atom is 0.342 e. The molecule has 2 aromatic rings. The lowest BCUT2D eigenvalue weighted by Crippen LogP contribution is -2.44. The van der Waals surface area contributed by atoms with Crippen molar-refractivity contribution in [3.63, 3.8) is 0 Å². The molecule has 170 valence electrons. The van der Waals surface area contributed by atoms with Gasteiger partial charge in [-0.2, -0.15) is 0 Å². The Labute approximate surface area is 190 Å². The molecule has 0 aromatic heterocycles. The van der Waals surface area contributed by atoms with Crippen molar-refractivity contribution in [1.82, 2.24) is 0 Å². The molecule has 1 atom stereocenters. The van der Waals surface area contributed by atoms with Gasteiger partial charge in [0.1, 0.15) is 0 Å². The molecular weight excluding hydrogens is 404 g/mol. The molecule has 32 heavy (non-hydrogen) atoms. The maximum absolute atomic E-state index is 12.7. The van der Waals surface area contributed by atoms with Gasteiger partial charge >= 0.3 is 11.9 Å². The number of carbonyl (C=O) groups is 2. The van der Waals surface area contributed by atoms with Gasteiger partial charge in [0.2, 0.25) is 0 Å². The van der Waals surface area contributed by atoms with E-state index in [1.54, 1.807) is 19.1 Å². The smallest absolute Gasteiger partial charge is 0.342 e. The van der Waals surface area contributed by atoms with Gasteiger partial charge in [0, 0.05) is 0 Å². The van der Waals surface area contributed by atoms with Crippen LogP contribution in [0.2, 0.25) is 0 Å². The van der Waals surface area contributed by atoms with E-state index in [0.29, 0.717) is 43.6 Å². The minimum Gasteiger partial charge on any atom is -0.463 e. The highest BCUT2D eigenvalue weighted by Crippen LogP contribution is 2.45. The van der Waals surface area contributed by atoms with Gasteiger partial charge in [0.25, 0.3) is 0 Å². The van der Waals surface area contributed by atoms with Crippen LogP contribution in [0.3, 0.4) is 0 Å². The molecule has 3 rings (SSSR count). The monoisotopic (exact) mass is 436 g/mol. The largest absolute Gasteiger partial charge is 0.463 e. The Bertz CT molecular complexity index is 1000. The van der Waals surface area contributed by atoms with Gasteiger partial charge in [-0.25, -0.2) is 9.59 Å². The zero-order valence-electron chi connectivity index (χ0n) is 19.3. The minimum absolute atomic E-state index is 0.141. The second kappa shape index (κ2) is 9.70. The molecular formula is C27H32O5. The quantitative estimate of drug-likeness (QED) is 0.474. The van der Waals surface area contributed by atoms with Crippen LogP contribution in [0.4, 0.5) is 0 Å². The number of carbonyl (C=O) groups excluding carboxylic acids is 2. The molecule has 0 saturated carbocycles. The first-order chi connectivity index (χ1) is 15.2. The van der Waals surface area contributed by atoms with Crippen molar-refractivity contribution in [3.8, 4) is 0 Å². The van der Waals surface area contributed by atoms with Gasteiger partial charge in [0.05, 0.1) is 18.8 Å². The van der Waals surface area contributed by atoms with Gasteiger partial charge in [-0.15, -0.1) is 0 Å². The number of esters is 2. The summed E-state index contributed by atoms with van der Waals surface area (Å²) in [6, 6.07) is 13.0. The molecule has 0 bridgehead atoms. The topological polar surface area (TPSA) is 72.8 Å². The fourth-order valence-electron chi connectivity index (χ4n) is 4.02. The average molecular weight is 437 g/mol. The van der Waals surface area contributed by atoms with E-state index < -0.39 is 11.6 Å². The third-order valence-corrected chi connectivity index (χ3v) is 6.00. The van der Waals surface area contributed by atoms with E-state index in [9.17, 15) is 14.7 Å². The number of fused-ring (bicyclic) bond motifs is 1. The zero-order chi connectivity index (χ0) is 23.4. The highest BCUT2D eigenvalue weighted by atomic mass is 16.5. The third kappa shape index (κ3) is 4.94. The molecule has 0 amide bonds. The SMILES string of the molecule is CCCOC(=O)C1(O)CCC(C)(C)c2ccc(/C=C/c3ccc(C(=O)OCC)cc3)cc21. The van der Waals surface area contributed by atoms with Crippen molar-refractivity contribution >= 4 is 24.1 Å². The number of aliphatic hydroxyl groups is 1. The summed E-state index contributed by atoms with van der Waals surface area (Å²) in [7, 11) is 0. The number of hydrogen-bond acceptors (Lipinski definition) is 5. The van der Waals surface area contributed by atoms with Crippen molar-refractivity contribution in [2.45, 2.75) is 58.0 Å². The first kappa shape index (κ1) is 23.7. The summed E-state index contributed by atoms with van der Waals surface area (Å²) in [6.45, 7) is 8.60. The summed E-state index contributed by atoms with van der Waals surface area (Å²) in [6.07, 6.45) is 5.59. The summed E-state index contributed by atoms with van der Waals surface area (Å²) < 4.78 is 10.3. The van der Waals surface area contributed by atoms with E-state index in [1.807, 2.05) is 49.4 Å². The van der Waals surface area contributed by atoms with Crippen LogP contribution < -0.4 is 0 Å². The second-order valence-electron chi connectivity index (χ2n) is 8.86. The molecule has 5 heteroatoms. The Hall–Kier alpha value is -2.92. The fraction of sp³-hybridized carbons (Fsp3) is 0.407. The minimum atomic E-state index is -1.63. The highest BCUT2D eigenvalue weighted by molar-refractivity contribution is 5.89. The molecule has 5 nitrogen and oxygen atoms in total. The van der Waals surface area contributed by atoms with E-state index in [-0.39, 0.29) is 11.4 Å². The third-order valence-electron chi connectivity index (χ3n) is 6.00. The molecule has 0 saturated heterocycles. The number of rotatable bonds is 7. The number of hydrogen-bond donors (Lipinski definition) is 1. The Kier molecular flexibility index (Phi) is 7.19. The molecule has 0 spiro atoms. The highest BCUT2D eigenvalue weighted by Gasteiger charge is 2.47. The van der Waals surface area contributed by atoms with Crippen molar-refractivity contribution in [2.24, 2.45) is 0 Å². The molecule has 2 aromatic carbocycles. The summed E-state index contributed by atoms with van der Waals surface area (Å²) in [5, 5.41) is 11.3. The van der Waals surface area contributed by atoms with Gasteiger partial charge in [-0.1, -0.05) is 57.2 Å². The molecule has 1 N–H and O–H groups in total. The van der Waals surface area contributed by atoms with E-state index in [4.69, 9.17) is 9.47 Å². The van der Waals surface area contributed by atoms with Crippen LogP contribution >= 0.6 is 0 Å². The number of ether oxygens (including phenoxy) is 2. The lowest BCUT2D eigenvalue weighted by Gasteiger charge is -2.41. The molecule has 1 aliphatic carbocycles. The predicted octanol–water partition coefficient (Wildman–Crippen LogP) is 5.25. The van der Waals surface area contributed by atoms with Crippen molar-refractivity contribution in [2.75, 3.05) is 13.2 Å². The Balaban J connectivity index is 1.89. The Morgan fingerprint density at radius 2 is 1.59 bits per heavy atom. The number of benzene rings is 2. The first-order valence-electron chi connectivity index (χ1n) is 11.2. The first-order valence-corrected chi connectivity index (χ1v) is 11.2. The lowest BCUT2D eigenvalue weighted by molar-refractivity contribution is -0.169. The Morgan fingerprint density at radius 1 is 0.938 bits per heavy atom. The zero-order valence-corrected chi connectivity index (χ0v) is 19.3. The van der Waals surface area contributed by atoms with Crippen LogP contribution in [0.5, 0.6) is 0 Å². The Morgan fingerprint density at radius 3 is 2.25 bits per heavy atom. The molecule has 0 fully saturated rings. The second-order valence-corrected chi connectivity index (χ2v) is 8.86. The van der Waals surface area contributed by atoms with E-state index in [2.05, 4.69) is 13.8 Å². The summed E-state index contributed by atoms with van der Waals surface area (Å²) in [5.41, 5.74) is 2.12. The maximum atomic E-state index is 12.7. The van der Waals surface area contributed by atoms with Crippen molar-refractivity contribution in [1.29, 1.82) is 0 Å². The summed E-state index contributed by atoms with van der Waals surface area (Å²) in [4.78, 5) is 24.6. The molecule has 0 heterocycles. The summed E-state index contributed by atoms with van der Waals surface area (Å²) >= 11 is 0. The van der Waals surface area contributed by atoms with E-state index in [0.717, 1.165) is 16.7 Å². The normalized spacial score (nSPS) is 19.4.